The number of aliphatic hydroxyl groups excluding tert-OH is 1. The summed E-state index contributed by atoms with van der Waals surface area (Å²) in [5.74, 6) is -0.0364. The number of hydrogen-bond donors (Lipinski definition) is 3. The van der Waals surface area contributed by atoms with E-state index >= 15 is 0 Å². The largest absolute Gasteiger partial charge is 0.496 e. The fourth-order valence-corrected chi connectivity index (χ4v) is 1.72. The SMILES string of the molecule is COc1cccc(F)c1C(C)NC(=O)NCCCO. The summed E-state index contributed by atoms with van der Waals surface area (Å²) < 4.78 is 18.8. The molecule has 0 spiro atoms. The highest BCUT2D eigenvalue weighted by Crippen LogP contribution is 2.27. The minimum Gasteiger partial charge on any atom is -0.496 e. The molecule has 0 saturated carbocycles. The lowest BCUT2D eigenvalue weighted by atomic mass is 10.1. The van der Waals surface area contributed by atoms with E-state index in [-0.39, 0.29) is 6.61 Å². The molecule has 5 nitrogen and oxygen atoms in total. The number of rotatable bonds is 6. The molecular formula is C13H19FN2O3. The molecule has 1 unspecified atom stereocenters. The van der Waals surface area contributed by atoms with Crippen LogP contribution in [0.5, 0.6) is 5.75 Å². The van der Waals surface area contributed by atoms with Gasteiger partial charge in [-0.05, 0) is 25.5 Å². The molecule has 0 radical (unpaired) electrons. The van der Waals surface area contributed by atoms with Gasteiger partial charge < -0.3 is 20.5 Å². The van der Waals surface area contributed by atoms with Gasteiger partial charge in [0.1, 0.15) is 11.6 Å². The van der Waals surface area contributed by atoms with Crippen molar-refractivity contribution in [3.05, 3.63) is 29.6 Å². The van der Waals surface area contributed by atoms with Crippen molar-refractivity contribution in [1.82, 2.24) is 10.6 Å². The van der Waals surface area contributed by atoms with Crippen molar-refractivity contribution in [3.63, 3.8) is 0 Å². The number of carbonyl (C=O) groups excluding carboxylic acids is 1. The highest BCUT2D eigenvalue weighted by Gasteiger charge is 2.17. The molecule has 0 aliphatic carbocycles. The predicted molar refractivity (Wildman–Crippen MR) is 69.6 cm³/mol. The summed E-state index contributed by atoms with van der Waals surface area (Å²) in [5.41, 5.74) is 0.308. The summed E-state index contributed by atoms with van der Waals surface area (Å²) in [6.07, 6.45) is 0.477. The smallest absolute Gasteiger partial charge is 0.315 e. The summed E-state index contributed by atoms with van der Waals surface area (Å²) in [5, 5.41) is 13.8. The molecule has 0 aliphatic heterocycles. The normalized spacial score (nSPS) is 11.8. The molecule has 1 aromatic carbocycles. The minimum atomic E-state index is -0.523. The van der Waals surface area contributed by atoms with E-state index in [4.69, 9.17) is 9.84 Å². The molecule has 0 fully saturated rings. The van der Waals surface area contributed by atoms with Crippen LogP contribution in [0.1, 0.15) is 24.9 Å². The maximum atomic E-state index is 13.8. The van der Waals surface area contributed by atoms with Gasteiger partial charge in [-0.15, -0.1) is 0 Å². The Balaban J connectivity index is 2.67. The van der Waals surface area contributed by atoms with Gasteiger partial charge in [-0.3, -0.25) is 0 Å². The fraction of sp³-hybridized carbons (Fsp3) is 0.462. The number of amides is 2. The Kier molecular flexibility index (Phi) is 6.08. The van der Waals surface area contributed by atoms with E-state index in [1.165, 1.54) is 13.2 Å². The van der Waals surface area contributed by atoms with Crippen LogP contribution >= 0.6 is 0 Å². The van der Waals surface area contributed by atoms with Gasteiger partial charge in [0.05, 0.1) is 18.7 Å². The van der Waals surface area contributed by atoms with Crippen molar-refractivity contribution >= 4 is 6.03 Å². The predicted octanol–water partition coefficient (Wildman–Crippen LogP) is 1.58. The second-order valence-corrected chi connectivity index (χ2v) is 4.05. The summed E-state index contributed by atoms with van der Waals surface area (Å²) in [6.45, 7) is 2.05. The zero-order valence-corrected chi connectivity index (χ0v) is 11.1. The van der Waals surface area contributed by atoms with Crippen molar-refractivity contribution in [2.75, 3.05) is 20.3 Å². The number of aliphatic hydroxyl groups is 1. The standard InChI is InChI=1S/C13H19FN2O3/c1-9(16-13(18)15-7-4-8-17)12-10(14)5-3-6-11(12)19-2/h3,5-6,9,17H,4,7-8H2,1-2H3,(H2,15,16,18). The van der Waals surface area contributed by atoms with Gasteiger partial charge in [-0.25, -0.2) is 9.18 Å². The van der Waals surface area contributed by atoms with Crippen LogP contribution in [0, 0.1) is 5.82 Å². The Hall–Kier alpha value is -1.82. The van der Waals surface area contributed by atoms with Gasteiger partial charge in [0.25, 0.3) is 0 Å². The first-order chi connectivity index (χ1) is 9.10. The molecular weight excluding hydrogens is 251 g/mol. The number of carbonyl (C=O) groups is 1. The van der Waals surface area contributed by atoms with Crippen molar-refractivity contribution in [2.45, 2.75) is 19.4 Å². The van der Waals surface area contributed by atoms with Crippen molar-refractivity contribution in [2.24, 2.45) is 0 Å². The third-order valence-corrected chi connectivity index (χ3v) is 2.63. The van der Waals surface area contributed by atoms with Gasteiger partial charge in [0, 0.05) is 13.2 Å². The van der Waals surface area contributed by atoms with Gasteiger partial charge in [0.15, 0.2) is 0 Å². The monoisotopic (exact) mass is 270 g/mol. The number of methoxy groups -OCH3 is 1. The zero-order valence-electron chi connectivity index (χ0n) is 11.1. The van der Waals surface area contributed by atoms with Gasteiger partial charge in [-0.1, -0.05) is 6.07 Å². The maximum absolute atomic E-state index is 13.8. The number of ether oxygens (including phenoxy) is 1. The van der Waals surface area contributed by atoms with E-state index < -0.39 is 17.9 Å². The molecule has 1 aromatic rings. The van der Waals surface area contributed by atoms with Crippen LogP contribution in [0.25, 0.3) is 0 Å². The topological polar surface area (TPSA) is 70.6 Å². The molecule has 0 heterocycles. The lowest BCUT2D eigenvalue weighted by Crippen LogP contribution is -2.38. The summed E-state index contributed by atoms with van der Waals surface area (Å²) in [4.78, 5) is 11.5. The molecule has 2 amide bonds. The van der Waals surface area contributed by atoms with Crippen LogP contribution in [0.4, 0.5) is 9.18 Å². The number of hydrogen-bond acceptors (Lipinski definition) is 3. The summed E-state index contributed by atoms with van der Waals surface area (Å²) >= 11 is 0. The Morgan fingerprint density at radius 1 is 1.53 bits per heavy atom. The summed E-state index contributed by atoms with van der Waals surface area (Å²) in [6, 6.07) is 3.57. The zero-order chi connectivity index (χ0) is 14.3. The van der Waals surface area contributed by atoms with E-state index in [0.717, 1.165) is 0 Å². The number of halogens is 1. The molecule has 1 rings (SSSR count). The first kappa shape index (κ1) is 15.2. The lowest BCUT2D eigenvalue weighted by molar-refractivity contribution is 0.235. The van der Waals surface area contributed by atoms with Gasteiger partial charge in [-0.2, -0.15) is 0 Å². The Labute approximate surface area is 111 Å². The second kappa shape index (κ2) is 7.58. The van der Waals surface area contributed by atoms with Crippen LogP contribution < -0.4 is 15.4 Å². The average molecular weight is 270 g/mol. The van der Waals surface area contributed by atoms with Gasteiger partial charge >= 0.3 is 6.03 Å². The fourth-order valence-electron chi connectivity index (χ4n) is 1.72. The average Bonchev–Trinajstić information content (AvgIpc) is 2.38. The van der Waals surface area contributed by atoms with E-state index in [0.29, 0.717) is 24.3 Å². The van der Waals surface area contributed by atoms with Crippen LogP contribution in [0.15, 0.2) is 18.2 Å². The second-order valence-electron chi connectivity index (χ2n) is 4.05. The molecule has 19 heavy (non-hydrogen) atoms. The molecule has 0 saturated heterocycles. The quantitative estimate of drug-likeness (QED) is 0.687. The lowest BCUT2D eigenvalue weighted by Gasteiger charge is -2.18. The molecule has 0 aliphatic rings. The van der Waals surface area contributed by atoms with Gasteiger partial charge in [0.2, 0.25) is 0 Å². The highest BCUT2D eigenvalue weighted by atomic mass is 19.1. The van der Waals surface area contributed by atoms with E-state index in [1.54, 1.807) is 19.1 Å². The van der Waals surface area contributed by atoms with Crippen molar-refractivity contribution < 1.29 is 19.0 Å². The van der Waals surface area contributed by atoms with E-state index in [1.807, 2.05) is 0 Å². The van der Waals surface area contributed by atoms with Crippen LogP contribution in [0.3, 0.4) is 0 Å². The van der Waals surface area contributed by atoms with Crippen LogP contribution in [0.2, 0.25) is 0 Å². The third kappa shape index (κ3) is 4.40. The maximum Gasteiger partial charge on any atom is 0.315 e. The van der Waals surface area contributed by atoms with Crippen molar-refractivity contribution in [1.29, 1.82) is 0 Å². The Morgan fingerprint density at radius 3 is 2.89 bits per heavy atom. The minimum absolute atomic E-state index is 0.0109. The summed E-state index contributed by atoms with van der Waals surface area (Å²) in [7, 11) is 1.45. The van der Waals surface area contributed by atoms with E-state index in [2.05, 4.69) is 10.6 Å². The molecule has 3 N–H and O–H groups in total. The first-order valence-electron chi connectivity index (χ1n) is 6.07. The Bertz CT molecular complexity index is 426. The number of nitrogens with one attached hydrogen (secondary N) is 2. The third-order valence-electron chi connectivity index (χ3n) is 2.63. The molecule has 1 atom stereocenters. The highest BCUT2D eigenvalue weighted by molar-refractivity contribution is 5.74. The van der Waals surface area contributed by atoms with Crippen molar-refractivity contribution in [3.8, 4) is 5.75 Å². The number of benzene rings is 1. The number of urea groups is 1. The Morgan fingerprint density at radius 2 is 2.26 bits per heavy atom. The first-order valence-corrected chi connectivity index (χ1v) is 6.07. The molecule has 6 heteroatoms. The molecule has 0 aromatic heterocycles. The molecule has 106 valence electrons. The van der Waals surface area contributed by atoms with E-state index in [9.17, 15) is 9.18 Å². The van der Waals surface area contributed by atoms with Crippen LogP contribution in [-0.4, -0.2) is 31.4 Å². The van der Waals surface area contributed by atoms with Crippen LogP contribution in [-0.2, 0) is 0 Å². The molecule has 0 bridgehead atoms.